The standard InChI is InChI=1S/C15H21ClO3/c1-2-15(18-11-6-4-3-5-7-11)19-12-8-9-14(17)13(16)10-12/h8-11,15,17H,2-7H2,1H3/t15-/m0/s1. The Hall–Kier alpha value is -0.930. The second-order valence-electron chi connectivity index (χ2n) is 4.96. The number of hydrogen-bond acceptors (Lipinski definition) is 3. The van der Waals surface area contributed by atoms with Crippen molar-refractivity contribution in [1.29, 1.82) is 0 Å². The first-order valence-corrected chi connectivity index (χ1v) is 7.37. The molecule has 0 spiro atoms. The van der Waals surface area contributed by atoms with Crippen molar-refractivity contribution in [3.8, 4) is 11.5 Å². The summed E-state index contributed by atoms with van der Waals surface area (Å²) < 4.78 is 11.8. The number of halogens is 1. The Bertz CT molecular complexity index is 402. The monoisotopic (exact) mass is 284 g/mol. The predicted octanol–water partition coefficient (Wildman–Crippen LogP) is 4.51. The Morgan fingerprint density at radius 3 is 2.68 bits per heavy atom. The maximum absolute atomic E-state index is 9.38. The number of phenolic OH excluding ortho intramolecular Hbond substituents is 1. The van der Waals surface area contributed by atoms with E-state index in [1.165, 1.54) is 25.3 Å². The van der Waals surface area contributed by atoms with Gasteiger partial charge < -0.3 is 14.6 Å². The molecule has 1 aromatic carbocycles. The lowest BCUT2D eigenvalue weighted by Crippen LogP contribution is -2.28. The molecule has 106 valence electrons. The first kappa shape index (κ1) is 14.5. The molecule has 0 heterocycles. The molecule has 19 heavy (non-hydrogen) atoms. The lowest BCUT2D eigenvalue weighted by molar-refractivity contribution is -0.129. The topological polar surface area (TPSA) is 38.7 Å². The van der Waals surface area contributed by atoms with Crippen LogP contribution in [0.2, 0.25) is 5.02 Å². The lowest BCUT2D eigenvalue weighted by atomic mass is 9.98. The Kier molecular flexibility index (Phi) is 5.34. The number of benzene rings is 1. The largest absolute Gasteiger partial charge is 0.506 e. The summed E-state index contributed by atoms with van der Waals surface area (Å²) in [5.74, 6) is 0.695. The molecule has 1 atom stereocenters. The highest BCUT2D eigenvalue weighted by molar-refractivity contribution is 6.32. The molecule has 1 aliphatic rings. The molecule has 1 fully saturated rings. The van der Waals surface area contributed by atoms with Gasteiger partial charge in [0.2, 0.25) is 0 Å². The number of phenols is 1. The van der Waals surface area contributed by atoms with Crippen molar-refractivity contribution in [3.05, 3.63) is 23.2 Å². The highest BCUT2D eigenvalue weighted by atomic mass is 35.5. The first-order valence-electron chi connectivity index (χ1n) is 6.99. The fourth-order valence-electron chi connectivity index (χ4n) is 2.34. The number of rotatable bonds is 5. The van der Waals surface area contributed by atoms with Crippen molar-refractivity contribution in [2.24, 2.45) is 0 Å². The molecule has 0 bridgehead atoms. The van der Waals surface area contributed by atoms with Gasteiger partial charge in [-0.2, -0.15) is 0 Å². The van der Waals surface area contributed by atoms with Crippen LogP contribution >= 0.6 is 11.6 Å². The van der Waals surface area contributed by atoms with Gasteiger partial charge in [-0.25, -0.2) is 0 Å². The van der Waals surface area contributed by atoms with Crippen molar-refractivity contribution < 1.29 is 14.6 Å². The van der Waals surface area contributed by atoms with Crippen molar-refractivity contribution in [2.75, 3.05) is 0 Å². The Morgan fingerprint density at radius 1 is 1.32 bits per heavy atom. The molecular formula is C15H21ClO3. The van der Waals surface area contributed by atoms with Crippen LogP contribution in [0.4, 0.5) is 0 Å². The Labute approximate surface area is 119 Å². The van der Waals surface area contributed by atoms with E-state index in [-0.39, 0.29) is 12.0 Å². The summed E-state index contributed by atoms with van der Waals surface area (Å²) in [6.07, 6.45) is 6.89. The number of ether oxygens (including phenoxy) is 2. The van der Waals surface area contributed by atoms with Crippen LogP contribution in [0.5, 0.6) is 11.5 Å². The van der Waals surface area contributed by atoms with Crippen LogP contribution in [-0.4, -0.2) is 17.5 Å². The van der Waals surface area contributed by atoms with E-state index in [1.54, 1.807) is 12.1 Å². The maximum Gasteiger partial charge on any atom is 0.199 e. The molecule has 4 heteroatoms. The van der Waals surface area contributed by atoms with Gasteiger partial charge in [0.05, 0.1) is 11.1 Å². The molecule has 0 aromatic heterocycles. The zero-order valence-electron chi connectivity index (χ0n) is 11.3. The van der Waals surface area contributed by atoms with Crippen molar-refractivity contribution in [3.63, 3.8) is 0 Å². The third kappa shape index (κ3) is 4.29. The van der Waals surface area contributed by atoms with Crippen LogP contribution in [0.3, 0.4) is 0 Å². The summed E-state index contributed by atoms with van der Waals surface area (Å²) in [5, 5.41) is 9.67. The normalized spacial score (nSPS) is 18.2. The summed E-state index contributed by atoms with van der Waals surface area (Å²) in [4.78, 5) is 0. The summed E-state index contributed by atoms with van der Waals surface area (Å²) in [6.45, 7) is 2.04. The van der Waals surface area contributed by atoms with Gasteiger partial charge in [-0.3, -0.25) is 0 Å². The molecule has 0 unspecified atom stereocenters. The van der Waals surface area contributed by atoms with Crippen LogP contribution in [-0.2, 0) is 4.74 Å². The lowest BCUT2D eigenvalue weighted by Gasteiger charge is -2.27. The van der Waals surface area contributed by atoms with E-state index in [0.717, 1.165) is 19.3 Å². The second kappa shape index (κ2) is 7.01. The zero-order valence-corrected chi connectivity index (χ0v) is 12.0. The van der Waals surface area contributed by atoms with Crippen LogP contribution in [0.25, 0.3) is 0 Å². The fraction of sp³-hybridized carbons (Fsp3) is 0.600. The highest BCUT2D eigenvalue weighted by Crippen LogP contribution is 2.29. The molecular weight excluding hydrogens is 264 g/mol. The van der Waals surface area contributed by atoms with E-state index in [0.29, 0.717) is 16.9 Å². The van der Waals surface area contributed by atoms with Gasteiger partial charge in [0.25, 0.3) is 0 Å². The minimum absolute atomic E-state index is 0.0651. The fourth-order valence-corrected chi connectivity index (χ4v) is 2.51. The second-order valence-corrected chi connectivity index (χ2v) is 5.37. The summed E-state index contributed by atoms with van der Waals surface area (Å²) >= 11 is 5.86. The average Bonchev–Trinajstić information content (AvgIpc) is 2.43. The number of aromatic hydroxyl groups is 1. The SMILES string of the molecule is CC[C@H](Oc1ccc(O)c(Cl)c1)OC1CCCCC1. The van der Waals surface area contributed by atoms with E-state index in [9.17, 15) is 5.11 Å². The van der Waals surface area contributed by atoms with Gasteiger partial charge >= 0.3 is 0 Å². The van der Waals surface area contributed by atoms with Crippen molar-refractivity contribution >= 4 is 11.6 Å². The van der Waals surface area contributed by atoms with Gasteiger partial charge in [0, 0.05) is 12.5 Å². The number of hydrogen-bond donors (Lipinski definition) is 1. The van der Waals surface area contributed by atoms with Gasteiger partial charge in [-0.1, -0.05) is 37.8 Å². The van der Waals surface area contributed by atoms with Crippen LogP contribution < -0.4 is 4.74 Å². The minimum Gasteiger partial charge on any atom is -0.506 e. The molecule has 3 nitrogen and oxygen atoms in total. The maximum atomic E-state index is 9.38. The molecule has 0 saturated heterocycles. The first-order chi connectivity index (χ1) is 9.19. The molecule has 2 rings (SSSR count). The Balaban J connectivity index is 1.92. The van der Waals surface area contributed by atoms with Crippen LogP contribution in [0.1, 0.15) is 45.4 Å². The summed E-state index contributed by atoms with van der Waals surface area (Å²) in [5.41, 5.74) is 0. The van der Waals surface area contributed by atoms with Gasteiger partial charge in [0.1, 0.15) is 11.5 Å². The molecule has 0 amide bonds. The zero-order chi connectivity index (χ0) is 13.7. The van der Waals surface area contributed by atoms with Crippen molar-refractivity contribution in [2.45, 2.75) is 57.8 Å². The summed E-state index contributed by atoms with van der Waals surface area (Å²) in [7, 11) is 0. The third-order valence-electron chi connectivity index (χ3n) is 3.42. The quantitative estimate of drug-likeness (QED) is 0.809. The van der Waals surface area contributed by atoms with E-state index in [2.05, 4.69) is 0 Å². The smallest absolute Gasteiger partial charge is 0.199 e. The third-order valence-corrected chi connectivity index (χ3v) is 3.72. The van der Waals surface area contributed by atoms with E-state index < -0.39 is 0 Å². The average molecular weight is 285 g/mol. The van der Waals surface area contributed by atoms with Gasteiger partial charge in [-0.05, 0) is 25.0 Å². The highest BCUT2D eigenvalue weighted by Gasteiger charge is 2.19. The van der Waals surface area contributed by atoms with Crippen LogP contribution in [0, 0.1) is 0 Å². The molecule has 1 aliphatic carbocycles. The molecule has 1 aromatic rings. The van der Waals surface area contributed by atoms with E-state index in [4.69, 9.17) is 21.1 Å². The molecule has 0 radical (unpaired) electrons. The molecule has 0 aliphatic heterocycles. The van der Waals surface area contributed by atoms with Crippen molar-refractivity contribution in [1.82, 2.24) is 0 Å². The van der Waals surface area contributed by atoms with E-state index in [1.807, 2.05) is 6.92 Å². The van der Waals surface area contributed by atoms with Gasteiger partial charge in [0.15, 0.2) is 6.29 Å². The molecule has 1 N–H and O–H groups in total. The summed E-state index contributed by atoms with van der Waals surface area (Å²) in [6, 6.07) is 4.85. The molecule has 1 saturated carbocycles. The van der Waals surface area contributed by atoms with E-state index >= 15 is 0 Å². The van der Waals surface area contributed by atoms with Gasteiger partial charge in [-0.15, -0.1) is 0 Å². The Morgan fingerprint density at radius 2 is 2.05 bits per heavy atom. The van der Waals surface area contributed by atoms with Crippen LogP contribution in [0.15, 0.2) is 18.2 Å². The minimum atomic E-state index is -0.247. The predicted molar refractivity (Wildman–Crippen MR) is 75.8 cm³/mol.